The van der Waals surface area contributed by atoms with Gasteiger partial charge in [-0.3, -0.25) is 4.79 Å². The van der Waals surface area contributed by atoms with Crippen molar-refractivity contribution in [2.45, 2.75) is 25.3 Å². The molecule has 1 N–H and O–H groups in total. The van der Waals surface area contributed by atoms with Crippen molar-refractivity contribution in [1.29, 1.82) is 0 Å². The zero-order valence-electron chi connectivity index (χ0n) is 11.4. The van der Waals surface area contributed by atoms with Gasteiger partial charge in [-0.15, -0.1) is 12.4 Å². The van der Waals surface area contributed by atoms with Crippen LogP contribution >= 0.6 is 35.6 Å². The van der Waals surface area contributed by atoms with E-state index in [1.54, 1.807) is 18.2 Å². The highest BCUT2D eigenvalue weighted by Crippen LogP contribution is 2.20. The first-order valence-electron chi connectivity index (χ1n) is 6.48. The summed E-state index contributed by atoms with van der Waals surface area (Å²) in [6.45, 7) is 1.64. The largest absolute Gasteiger partial charge is 0.342 e. The molecule has 112 valence electrons. The average Bonchev–Trinajstić information content (AvgIpc) is 2.37. The molecule has 1 aromatic rings. The van der Waals surface area contributed by atoms with Crippen LogP contribution in [0.3, 0.4) is 0 Å². The lowest BCUT2D eigenvalue weighted by Gasteiger charge is -2.32. The molecule has 0 unspecified atom stereocenters. The molecule has 1 fully saturated rings. The molecule has 1 aliphatic rings. The summed E-state index contributed by atoms with van der Waals surface area (Å²) in [7, 11) is 1.97. The molecule has 1 amide bonds. The SMILES string of the molecule is CNC1CCN(C(=O)Cc2cc(Cl)cc(Cl)c2)CC1.Cl. The van der Waals surface area contributed by atoms with Gasteiger partial charge in [0.25, 0.3) is 0 Å². The van der Waals surface area contributed by atoms with E-state index in [1.807, 2.05) is 11.9 Å². The third-order valence-corrected chi connectivity index (χ3v) is 3.97. The lowest BCUT2D eigenvalue weighted by Crippen LogP contribution is -2.44. The van der Waals surface area contributed by atoms with Gasteiger partial charge in [-0.1, -0.05) is 23.2 Å². The van der Waals surface area contributed by atoms with Crippen molar-refractivity contribution >= 4 is 41.5 Å². The molecular formula is C14H19Cl3N2O. The van der Waals surface area contributed by atoms with E-state index in [0.717, 1.165) is 31.5 Å². The minimum Gasteiger partial charge on any atom is -0.342 e. The van der Waals surface area contributed by atoms with E-state index in [0.29, 0.717) is 22.5 Å². The molecule has 3 nitrogen and oxygen atoms in total. The molecular weight excluding hydrogens is 319 g/mol. The molecule has 1 aromatic carbocycles. The Morgan fingerprint density at radius 2 is 1.80 bits per heavy atom. The number of carbonyl (C=O) groups excluding carboxylic acids is 1. The van der Waals surface area contributed by atoms with Crippen LogP contribution in [0.2, 0.25) is 10.0 Å². The molecule has 0 atom stereocenters. The number of nitrogens with one attached hydrogen (secondary N) is 1. The second-order valence-corrected chi connectivity index (χ2v) is 5.77. The fourth-order valence-corrected chi connectivity index (χ4v) is 2.99. The molecule has 0 bridgehead atoms. The topological polar surface area (TPSA) is 32.3 Å². The van der Waals surface area contributed by atoms with Gasteiger partial charge < -0.3 is 10.2 Å². The zero-order valence-corrected chi connectivity index (χ0v) is 13.7. The molecule has 1 aliphatic heterocycles. The first-order chi connectivity index (χ1) is 9.08. The first-order valence-corrected chi connectivity index (χ1v) is 7.24. The number of nitrogens with zero attached hydrogens (tertiary/aromatic N) is 1. The molecule has 0 aliphatic carbocycles. The van der Waals surface area contributed by atoms with Crippen molar-refractivity contribution in [3.05, 3.63) is 33.8 Å². The van der Waals surface area contributed by atoms with Crippen LogP contribution in [0.5, 0.6) is 0 Å². The highest BCUT2D eigenvalue weighted by atomic mass is 35.5. The van der Waals surface area contributed by atoms with E-state index in [1.165, 1.54) is 0 Å². The number of amides is 1. The number of rotatable bonds is 3. The van der Waals surface area contributed by atoms with Crippen LogP contribution in [0.4, 0.5) is 0 Å². The Bertz CT molecular complexity index is 439. The van der Waals surface area contributed by atoms with Crippen LogP contribution in [0, 0.1) is 0 Å². The van der Waals surface area contributed by atoms with Gasteiger partial charge in [0.05, 0.1) is 6.42 Å². The van der Waals surface area contributed by atoms with Crippen LogP contribution < -0.4 is 5.32 Å². The highest BCUT2D eigenvalue weighted by molar-refractivity contribution is 6.34. The van der Waals surface area contributed by atoms with Gasteiger partial charge >= 0.3 is 0 Å². The number of halogens is 3. The summed E-state index contributed by atoms with van der Waals surface area (Å²) in [6, 6.07) is 5.80. The first kappa shape index (κ1) is 17.6. The van der Waals surface area contributed by atoms with E-state index in [4.69, 9.17) is 23.2 Å². The van der Waals surface area contributed by atoms with E-state index < -0.39 is 0 Å². The third-order valence-electron chi connectivity index (χ3n) is 3.53. The molecule has 0 radical (unpaired) electrons. The van der Waals surface area contributed by atoms with Crippen LogP contribution in [0.1, 0.15) is 18.4 Å². The van der Waals surface area contributed by atoms with Gasteiger partial charge in [-0.2, -0.15) is 0 Å². The standard InChI is InChI=1S/C14H18Cl2N2O.ClH/c1-17-13-2-4-18(5-3-13)14(19)8-10-6-11(15)9-12(16)7-10;/h6-7,9,13,17H,2-5,8H2,1H3;1H. The molecule has 1 saturated heterocycles. The van der Waals surface area contributed by atoms with Crippen LogP contribution in [0.15, 0.2) is 18.2 Å². The molecule has 0 aromatic heterocycles. The Morgan fingerprint density at radius 3 is 2.30 bits per heavy atom. The van der Waals surface area contributed by atoms with Crippen LogP contribution in [-0.4, -0.2) is 37.0 Å². The summed E-state index contributed by atoms with van der Waals surface area (Å²) in [4.78, 5) is 14.1. The summed E-state index contributed by atoms with van der Waals surface area (Å²) in [5.41, 5.74) is 0.873. The maximum absolute atomic E-state index is 12.2. The monoisotopic (exact) mass is 336 g/mol. The molecule has 0 spiro atoms. The lowest BCUT2D eigenvalue weighted by molar-refractivity contribution is -0.131. The van der Waals surface area contributed by atoms with Gasteiger partial charge in [0.2, 0.25) is 5.91 Å². The van der Waals surface area contributed by atoms with Gasteiger partial charge in [-0.05, 0) is 43.7 Å². The number of benzene rings is 1. The molecule has 0 saturated carbocycles. The summed E-state index contributed by atoms with van der Waals surface area (Å²) in [6.07, 6.45) is 2.39. The summed E-state index contributed by atoms with van der Waals surface area (Å²) < 4.78 is 0. The van der Waals surface area contributed by atoms with Gasteiger partial charge in [-0.25, -0.2) is 0 Å². The quantitative estimate of drug-likeness (QED) is 0.919. The summed E-state index contributed by atoms with van der Waals surface area (Å²) >= 11 is 11.9. The zero-order chi connectivity index (χ0) is 13.8. The van der Waals surface area contributed by atoms with Gasteiger partial charge in [0.1, 0.15) is 0 Å². The van der Waals surface area contributed by atoms with Crippen LogP contribution in [-0.2, 0) is 11.2 Å². The highest BCUT2D eigenvalue weighted by Gasteiger charge is 2.21. The van der Waals surface area contributed by atoms with Crippen molar-refractivity contribution in [2.24, 2.45) is 0 Å². The summed E-state index contributed by atoms with van der Waals surface area (Å²) in [5.74, 6) is 0.146. The van der Waals surface area contributed by atoms with E-state index >= 15 is 0 Å². The van der Waals surface area contributed by atoms with Crippen molar-refractivity contribution in [2.75, 3.05) is 20.1 Å². The Balaban J connectivity index is 0.00000200. The van der Waals surface area contributed by atoms with Gasteiger partial charge in [0.15, 0.2) is 0 Å². The van der Waals surface area contributed by atoms with Crippen molar-refractivity contribution in [1.82, 2.24) is 10.2 Å². The molecule has 6 heteroatoms. The van der Waals surface area contributed by atoms with Crippen molar-refractivity contribution < 1.29 is 4.79 Å². The van der Waals surface area contributed by atoms with E-state index in [2.05, 4.69) is 5.32 Å². The number of hydrogen-bond donors (Lipinski definition) is 1. The number of likely N-dealkylation sites (tertiary alicyclic amines) is 1. The van der Waals surface area contributed by atoms with E-state index in [-0.39, 0.29) is 18.3 Å². The lowest BCUT2D eigenvalue weighted by atomic mass is 10.0. The van der Waals surface area contributed by atoms with Crippen molar-refractivity contribution in [3.8, 4) is 0 Å². The molecule has 2 rings (SSSR count). The maximum Gasteiger partial charge on any atom is 0.226 e. The second-order valence-electron chi connectivity index (χ2n) is 4.90. The smallest absolute Gasteiger partial charge is 0.226 e. The Kier molecular flexibility index (Phi) is 7.10. The maximum atomic E-state index is 12.2. The minimum absolute atomic E-state index is 0. The number of hydrogen-bond acceptors (Lipinski definition) is 2. The molecule has 20 heavy (non-hydrogen) atoms. The Hall–Kier alpha value is -0.480. The van der Waals surface area contributed by atoms with Crippen LogP contribution in [0.25, 0.3) is 0 Å². The predicted octanol–water partition coefficient (Wildman–Crippen LogP) is 3.17. The van der Waals surface area contributed by atoms with Gasteiger partial charge in [0, 0.05) is 29.2 Å². The second kappa shape index (κ2) is 8.08. The number of piperidine rings is 1. The Morgan fingerprint density at radius 1 is 1.25 bits per heavy atom. The predicted molar refractivity (Wildman–Crippen MR) is 86.1 cm³/mol. The fraction of sp³-hybridized carbons (Fsp3) is 0.500. The molecule has 1 heterocycles. The number of carbonyl (C=O) groups is 1. The average molecular weight is 338 g/mol. The fourth-order valence-electron chi connectivity index (χ4n) is 2.42. The summed E-state index contributed by atoms with van der Waals surface area (Å²) in [5, 5.41) is 4.40. The van der Waals surface area contributed by atoms with E-state index in [9.17, 15) is 4.79 Å². The third kappa shape index (κ3) is 4.81. The minimum atomic E-state index is 0. The Labute approximate surface area is 136 Å². The normalized spacial score (nSPS) is 15.8. The van der Waals surface area contributed by atoms with Crippen molar-refractivity contribution in [3.63, 3.8) is 0 Å².